The molecule has 1 saturated heterocycles. The molecule has 28 heavy (non-hydrogen) atoms. The number of thiazole rings is 1. The molecule has 4 N–H and O–H groups in total. The summed E-state index contributed by atoms with van der Waals surface area (Å²) < 4.78 is 7.15. The number of fused-ring (bicyclic) bond motifs is 1. The number of hydrogen-bond acceptors (Lipinski definition) is 7. The summed E-state index contributed by atoms with van der Waals surface area (Å²) in [6, 6.07) is 3.68. The van der Waals surface area contributed by atoms with Gasteiger partial charge in [-0.1, -0.05) is 11.3 Å². The normalized spacial score (nSPS) is 16.3. The van der Waals surface area contributed by atoms with Gasteiger partial charge in [-0.05, 0) is 32.9 Å². The molecular formula is C18H29N7O2S. The van der Waals surface area contributed by atoms with Crippen molar-refractivity contribution in [3.8, 4) is 0 Å². The molecule has 1 aliphatic rings. The molecule has 0 saturated carbocycles. The first-order valence-corrected chi connectivity index (χ1v) is 10.4. The minimum atomic E-state index is -0.345. The van der Waals surface area contributed by atoms with Gasteiger partial charge < -0.3 is 20.7 Å². The average Bonchev–Trinajstić information content (AvgIpc) is 2.97. The maximum atomic E-state index is 12.0. The minimum Gasteiger partial charge on any atom is -0.379 e. The number of nitrogens with zero attached hydrogens (tertiary/aromatic N) is 3. The predicted molar refractivity (Wildman–Crippen MR) is 111 cm³/mol. The summed E-state index contributed by atoms with van der Waals surface area (Å²) in [6.07, 6.45) is -0.345. The number of morpholine rings is 1. The lowest BCUT2D eigenvalue weighted by Crippen LogP contribution is -2.43. The molecule has 2 aromatic rings. The largest absolute Gasteiger partial charge is 0.379 e. The highest BCUT2D eigenvalue weighted by Gasteiger charge is 2.16. The summed E-state index contributed by atoms with van der Waals surface area (Å²) >= 11 is 1.30. The number of rotatable bonds is 7. The molecule has 1 fully saturated rings. The van der Waals surface area contributed by atoms with Crippen molar-refractivity contribution >= 4 is 33.5 Å². The van der Waals surface area contributed by atoms with Gasteiger partial charge in [0.05, 0.1) is 18.7 Å². The van der Waals surface area contributed by atoms with Crippen molar-refractivity contribution in [3.05, 3.63) is 16.9 Å². The van der Waals surface area contributed by atoms with E-state index >= 15 is 0 Å². The Hall–Kier alpha value is -2.17. The number of carbonyl (C=O) groups excluding carboxylic acids is 1. The molecule has 0 radical (unpaired) electrons. The number of carbonyl (C=O) groups is 1. The van der Waals surface area contributed by atoms with E-state index in [1.165, 1.54) is 11.3 Å². The van der Waals surface area contributed by atoms with Crippen molar-refractivity contribution in [2.24, 2.45) is 0 Å². The van der Waals surface area contributed by atoms with Crippen LogP contribution in [0.2, 0.25) is 0 Å². The van der Waals surface area contributed by atoms with Gasteiger partial charge in [0.25, 0.3) is 0 Å². The Labute approximate surface area is 168 Å². The van der Waals surface area contributed by atoms with Crippen LogP contribution in [-0.4, -0.2) is 65.9 Å². The summed E-state index contributed by atoms with van der Waals surface area (Å²) in [4.78, 5) is 20.1. The standard InChI is InChI=1S/C18H29N7O2S/c1-12(2)21-18(26)22-13(3)25-14-4-5-15(23-16(14)28-17(25)19)20-6-7-24-8-10-27-11-9-24/h4-5,12-13,19H,6-11H2,1-3H3,(H,20,23)(H2,21,22,26). The number of nitrogens with one attached hydrogen (secondary N) is 4. The number of urea groups is 1. The van der Waals surface area contributed by atoms with Crippen molar-refractivity contribution in [2.45, 2.75) is 33.0 Å². The van der Waals surface area contributed by atoms with Crippen LogP contribution in [0.5, 0.6) is 0 Å². The number of hydrogen-bond donors (Lipinski definition) is 4. The van der Waals surface area contributed by atoms with Gasteiger partial charge in [0.15, 0.2) is 4.80 Å². The second-order valence-electron chi connectivity index (χ2n) is 7.13. The Bertz CT molecular complexity index is 857. The molecule has 0 aliphatic carbocycles. The first kappa shape index (κ1) is 20.6. The van der Waals surface area contributed by atoms with Gasteiger partial charge in [0.2, 0.25) is 0 Å². The van der Waals surface area contributed by atoms with Crippen LogP contribution in [0.4, 0.5) is 10.6 Å². The van der Waals surface area contributed by atoms with Crippen molar-refractivity contribution in [1.82, 2.24) is 25.1 Å². The predicted octanol–water partition coefficient (Wildman–Crippen LogP) is 1.55. The first-order chi connectivity index (χ1) is 13.4. The zero-order valence-electron chi connectivity index (χ0n) is 16.6. The van der Waals surface area contributed by atoms with Crippen LogP contribution in [0.15, 0.2) is 12.1 Å². The second kappa shape index (κ2) is 9.35. The zero-order valence-corrected chi connectivity index (χ0v) is 17.4. The van der Waals surface area contributed by atoms with Crippen LogP contribution >= 0.6 is 11.3 Å². The number of aromatic nitrogens is 2. The van der Waals surface area contributed by atoms with E-state index in [0.717, 1.165) is 55.6 Å². The molecule has 2 aromatic heterocycles. The highest BCUT2D eigenvalue weighted by atomic mass is 32.1. The van der Waals surface area contributed by atoms with E-state index in [1.54, 1.807) is 4.57 Å². The van der Waals surface area contributed by atoms with E-state index in [0.29, 0.717) is 4.80 Å². The molecule has 9 nitrogen and oxygen atoms in total. The fourth-order valence-electron chi connectivity index (χ4n) is 3.15. The third-order valence-corrected chi connectivity index (χ3v) is 5.38. The Morgan fingerprint density at radius 3 is 2.75 bits per heavy atom. The molecule has 10 heteroatoms. The van der Waals surface area contributed by atoms with E-state index in [2.05, 4.69) is 25.8 Å². The molecule has 1 aliphatic heterocycles. The SMILES string of the molecule is CC(C)NC(=O)NC(C)n1c(=N)sc2nc(NCCN3CCOCC3)ccc21. The van der Waals surface area contributed by atoms with Gasteiger partial charge in [-0.25, -0.2) is 9.78 Å². The van der Waals surface area contributed by atoms with Gasteiger partial charge in [0.1, 0.15) is 16.8 Å². The van der Waals surface area contributed by atoms with Crippen LogP contribution in [0.3, 0.4) is 0 Å². The van der Waals surface area contributed by atoms with Crippen LogP contribution < -0.4 is 20.8 Å². The van der Waals surface area contributed by atoms with Crippen LogP contribution in [0, 0.1) is 5.41 Å². The summed E-state index contributed by atoms with van der Waals surface area (Å²) in [5.41, 5.74) is 0.839. The second-order valence-corrected chi connectivity index (χ2v) is 8.10. The minimum absolute atomic E-state index is 0.0552. The lowest BCUT2D eigenvalue weighted by atomic mass is 10.3. The van der Waals surface area contributed by atoms with Crippen LogP contribution in [0.1, 0.15) is 26.9 Å². The quantitative estimate of drug-likeness (QED) is 0.557. The average molecular weight is 408 g/mol. The maximum Gasteiger partial charge on any atom is 0.316 e. The van der Waals surface area contributed by atoms with Gasteiger partial charge in [-0.3, -0.25) is 14.9 Å². The molecule has 1 atom stereocenters. The summed E-state index contributed by atoms with van der Waals surface area (Å²) in [7, 11) is 0. The van der Waals surface area contributed by atoms with Gasteiger partial charge in [-0.15, -0.1) is 0 Å². The molecule has 3 rings (SSSR count). The molecule has 3 heterocycles. The first-order valence-electron chi connectivity index (χ1n) is 9.61. The maximum absolute atomic E-state index is 12.0. The lowest BCUT2D eigenvalue weighted by molar-refractivity contribution is 0.0398. The zero-order chi connectivity index (χ0) is 20.1. The lowest BCUT2D eigenvalue weighted by Gasteiger charge is -2.26. The molecular weight excluding hydrogens is 378 g/mol. The fourth-order valence-corrected chi connectivity index (χ4v) is 4.10. The monoisotopic (exact) mass is 407 g/mol. The Kier molecular flexibility index (Phi) is 6.87. The van der Waals surface area contributed by atoms with Crippen LogP contribution in [-0.2, 0) is 4.74 Å². The van der Waals surface area contributed by atoms with Crippen molar-refractivity contribution in [3.63, 3.8) is 0 Å². The molecule has 0 spiro atoms. The number of anilines is 1. The molecule has 1 unspecified atom stereocenters. The van der Waals surface area contributed by atoms with Crippen LogP contribution in [0.25, 0.3) is 10.3 Å². The number of pyridine rings is 1. The Balaban J connectivity index is 1.65. The number of ether oxygens (including phenoxy) is 1. The highest BCUT2D eigenvalue weighted by molar-refractivity contribution is 7.15. The Morgan fingerprint density at radius 2 is 2.04 bits per heavy atom. The third-order valence-electron chi connectivity index (χ3n) is 4.50. The van der Waals surface area contributed by atoms with Gasteiger partial charge in [0, 0.05) is 32.2 Å². The van der Waals surface area contributed by atoms with Gasteiger partial charge in [-0.2, -0.15) is 0 Å². The molecule has 0 aromatic carbocycles. The summed E-state index contributed by atoms with van der Waals surface area (Å²) in [6.45, 7) is 11.0. The van der Waals surface area contributed by atoms with E-state index in [-0.39, 0.29) is 18.2 Å². The molecule has 0 bridgehead atoms. The topological polar surface area (TPSA) is 107 Å². The van der Waals surface area contributed by atoms with Crippen molar-refractivity contribution in [2.75, 3.05) is 44.7 Å². The highest BCUT2D eigenvalue weighted by Crippen LogP contribution is 2.20. The van der Waals surface area contributed by atoms with E-state index in [1.807, 2.05) is 32.9 Å². The van der Waals surface area contributed by atoms with E-state index in [9.17, 15) is 4.79 Å². The molecule has 154 valence electrons. The van der Waals surface area contributed by atoms with Crippen molar-refractivity contribution < 1.29 is 9.53 Å². The van der Waals surface area contributed by atoms with E-state index < -0.39 is 0 Å². The number of amides is 2. The fraction of sp³-hybridized carbons (Fsp3) is 0.611. The summed E-state index contributed by atoms with van der Waals surface area (Å²) in [5, 5.41) is 17.3. The van der Waals surface area contributed by atoms with E-state index in [4.69, 9.17) is 10.1 Å². The van der Waals surface area contributed by atoms with Crippen molar-refractivity contribution in [1.29, 1.82) is 5.41 Å². The summed E-state index contributed by atoms with van der Waals surface area (Å²) in [5.74, 6) is 0.798. The molecule has 2 amide bonds. The third kappa shape index (κ3) is 5.21. The smallest absolute Gasteiger partial charge is 0.316 e. The van der Waals surface area contributed by atoms with Gasteiger partial charge >= 0.3 is 6.03 Å². The Morgan fingerprint density at radius 1 is 1.29 bits per heavy atom.